The average molecular weight is 250 g/mol. The summed E-state index contributed by atoms with van der Waals surface area (Å²) in [7, 11) is 1.99. The Kier molecular flexibility index (Phi) is 4.77. The topological polar surface area (TPSA) is 49.5 Å². The van der Waals surface area contributed by atoms with Gasteiger partial charge in [0.25, 0.3) is 0 Å². The van der Waals surface area contributed by atoms with Gasteiger partial charge < -0.3 is 15.7 Å². The van der Waals surface area contributed by atoms with Crippen molar-refractivity contribution in [1.29, 1.82) is 0 Å². The molecular formula is C15H26N2O. The molecule has 102 valence electrons. The maximum absolute atomic E-state index is 9.64. The molecule has 0 aliphatic carbocycles. The van der Waals surface area contributed by atoms with Crippen LogP contribution in [0.2, 0.25) is 0 Å². The molecule has 1 aromatic carbocycles. The van der Waals surface area contributed by atoms with Gasteiger partial charge in [-0.05, 0) is 29.5 Å². The summed E-state index contributed by atoms with van der Waals surface area (Å²) in [6, 6.07) is 6.52. The fourth-order valence-corrected chi connectivity index (χ4v) is 1.98. The number of rotatable bonds is 4. The number of likely N-dealkylation sites (N-methyl/N-ethyl adjacent to an activating group) is 1. The fraction of sp³-hybridized carbons (Fsp3) is 0.600. The summed E-state index contributed by atoms with van der Waals surface area (Å²) in [5, 5.41) is 9.64. The second-order valence-corrected chi connectivity index (χ2v) is 6.02. The highest BCUT2D eigenvalue weighted by Gasteiger charge is 2.16. The summed E-state index contributed by atoms with van der Waals surface area (Å²) in [6.07, 6.45) is -0.479. The SMILES string of the molecule is Cc1ccc(C(C)(C)C)cc1N(C)CC(O)CN. The third-order valence-electron chi connectivity index (χ3n) is 3.24. The molecule has 1 rings (SSSR count). The average Bonchev–Trinajstić information content (AvgIpc) is 2.27. The zero-order valence-electron chi connectivity index (χ0n) is 12.2. The molecule has 0 aliphatic rings. The number of benzene rings is 1. The first kappa shape index (κ1) is 15.0. The van der Waals surface area contributed by atoms with Crippen molar-refractivity contribution >= 4 is 5.69 Å². The predicted molar refractivity (Wildman–Crippen MR) is 78.2 cm³/mol. The molecule has 3 heteroatoms. The molecule has 0 bridgehead atoms. The lowest BCUT2D eigenvalue weighted by Crippen LogP contribution is -2.34. The van der Waals surface area contributed by atoms with Crippen LogP contribution >= 0.6 is 0 Å². The molecule has 3 nitrogen and oxygen atoms in total. The number of nitrogens with two attached hydrogens (primary N) is 1. The van der Waals surface area contributed by atoms with Crippen LogP contribution in [-0.4, -0.2) is 31.3 Å². The molecule has 3 N–H and O–H groups in total. The van der Waals surface area contributed by atoms with Crippen LogP contribution < -0.4 is 10.6 Å². The number of aryl methyl sites for hydroxylation is 1. The molecule has 0 heterocycles. The molecule has 18 heavy (non-hydrogen) atoms. The van der Waals surface area contributed by atoms with Gasteiger partial charge in [0.1, 0.15) is 0 Å². The van der Waals surface area contributed by atoms with Crippen LogP contribution in [0.4, 0.5) is 5.69 Å². The van der Waals surface area contributed by atoms with Gasteiger partial charge in [-0.3, -0.25) is 0 Å². The van der Waals surface area contributed by atoms with Crippen molar-refractivity contribution in [1.82, 2.24) is 0 Å². The molecule has 0 aliphatic heterocycles. The minimum atomic E-state index is -0.479. The standard InChI is InChI=1S/C15H26N2O/c1-11-6-7-12(15(2,3)4)8-14(11)17(5)10-13(18)9-16/h6-8,13,18H,9-10,16H2,1-5H3. The van der Waals surface area contributed by atoms with E-state index < -0.39 is 6.10 Å². The maximum atomic E-state index is 9.64. The smallest absolute Gasteiger partial charge is 0.0836 e. The van der Waals surface area contributed by atoms with Gasteiger partial charge in [-0.2, -0.15) is 0 Å². The van der Waals surface area contributed by atoms with E-state index >= 15 is 0 Å². The van der Waals surface area contributed by atoms with E-state index in [4.69, 9.17) is 5.73 Å². The zero-order chi connectivity index (χ0) is 13.9. The maximum Gasteiger partial charge on any atom is 0.0836 e. The molecule has 0 aromatic heterocycles. The minimum absolute atomic E-state index is 0.135. The molecule has 1 aromatic rings. The number of aliphatic hydroxyl groups is 1. The van der Waals surface area contributed by atoms with E-state index in [1.54, 1.807) is 0 Å². The summed E-state index contributed by atoms with van der Waals surface area (Å²) < 4.78 is 0. The monoisotopic (exact) mass is 250 g/mol. The zero-order valence-corrected chi connectivity index (χ0v) is 12.2. The van der Waals surface area contributed by atoms with E-state index in [2.05, 4.69) is 50.8 Å². The van der Waals surface area contributed by atoms with Crippen molar-refractivity contribution in [2.24, 2.45) is 5.73 Å². The van der Waals surface area contributed by atoms with Gasteiger partial charge >= 0.3 is 0 Å². The molecule has 1 atom stereocenters. The highest BCUT2D eigenvalue weighted by molar-refractivity contribution is 5.55. The lowest BCUT2D eigenvalue weighted by Gasteiger charge is -2.27. The van der Waals surface area contributed by atoms with Crippen LogP contribution in [0, 0.1) is 6.92 Å². The first-order valence-electron chi connectivity index (χ1n) is 6.46. The molecule has 1 unspecified atom stereocenters. The van der Waals surface area contributed by atoms with Crippen molar-refractivity contribution < 1.29 is 5.11 Å². The highest BCUT2D eigenvalue weighted by atomic mass is 16.3. The second-order valence-electron chi connectivity index (χ2n) is 6.02. The van der Waals surface area contributed by atoms with E-state index in [9.17, 15) is 5.11 Å². The number of hydrogen-bond acceptors (Lipinski definition) is 3. The lowest BCUT2D eigenvalue weighted by molar-refractivity contribution is 0.189. The van der Waals surface area contributed by atoms with Crippen LogP contribution in [0.1, 0.15) is 31.9 Å². The van der Waals surface area contributed by atoms with Crippen LogP contribution in [0.15, 0.2) is 18.2 Å². The van der Waals surface area contributed by atoms with Crippen LogP contribution in [-0.2, 0) is 5.41 Å². The Bertz CT molecular complexity index is 396. The molecule has 0 saturated heterocycles. The van der Waals surface area contributed by atoms with Gasteiger partial charge in [0, 0.05) is 25.8 Å². The van der Waals surface area contributed by atoms with Gasteiger partial charge in [0.2, 0.25) is 0 Å². The quantitative estimate of drug-likeness (QED) is 0.860. The Labute approximate surface area is 111 Å². The molecule has 0 saturated carbocycles. The van der Waals surface area contributed by atoms with Gasteiger partial charge in [-0.25, -0.2) is 0 Å². The van der Waals surface area contributed by atoms with E-state index in [-0.39, 0.29) is 5.41 Å². The minimum Gasteiger partial charge on any atom is -0.390 e. The largest absolute Gasteiger partial charge is 0.390 e. The van der Waals surface area contributed by atoms with Crippen molar-refractivity contribution in [2.45, 2.75) is 39.2 Å². The molecule has 0 amide bonds. The van der Waals surface area contributed by atoms with Crippen molar-refractivity contribution in [3.8, 4) is 0 Å². The van der Waals surface area contributed by atoms with Crippen molar-refractivity contribution in [3.63, 3.8) is 0 Å². The Hall–Kier alpha value is -1.06. The Morgan fingerprint density at radius 1 is 1.33 bits per heavy atom. The summed E-state index contributed by atoms with van der Waals surface area (Å²) in [5.41, 5.74) is 9.28. The van der Waals surface area contributed by atoms with E-state index in [1.807, 2.05) is 7.05 Å². The van der Waals surface area contributed by atoms with Crippen LogP contribution in [0.3, 0.4) is 0 Å². The Balaban J connectivity index is 3.00. The molecular weight excluding hydrogens is 224 g/mol. The van der Waals surface area contributed by atoms with Gasteiger partial charge in [-0.1, -0.05) is 32.9 Å². The predicted octanol–water partition coefficient (Wildman–Crippen LogP) is 2.05. The molecule has 0 spiro atoms. The highest BCUT2D eigenvalue weighted by Crippen LogP contribution is 2.28. The number of nitrogens with zero attached hydrogens (tertiary/aromatic N) is 1. The van der Waals surface area contributed by atoms with Crippen molar-refractivity contribution in [3.05, 3.63) is 29.3 Å². The number of hydrogen-bond donors (Lipinski definition) is 2. The van der Waals surface area contributed by atoms with Gasteiger partial charge in [0.05, 0.1) is 6.10 Å². The summed E-state index contributed by atoms with van der Waals surface area (Å²) in [6.45, 7) is 9.56. The summed E-state index contributed by atoms with van der Waals surface area (Å²) in [5.74, 6) is 0. The van der Waals surface area contributed by atoms with Crippen molar-refractivity contribution in [2.75, 3.05) is 25.0 Å². The van der Waals surface area contributed by atoms with Crippen LogP contribution in [0.5, 0.6) is 0 Å². The van der Waals surface area contributed by atoms with Gasteiger partial charge in [0.15, 0.2) is 0 Å². The van der Waals surface area contributed by atoms with E-state index in [0.29, 0.717) is 13.1 Å². The molecule has 0 radical (unpaired) electrons. The Morgan fingerprint density at radius 3 is 2.44 bits per heavy atom. The molecule has 0 fully saturated rings. The summed E-state index contributed by atoms with van der Waals surface area (Å²) in [4.78, 5) is 2.07. The fourth-order valence-electron chi connectivity index (χ4n) is 1.98. The first-order chi connectivity index (χ1) is 8.25. The third kappa shape index (κ3) is 3.72. The first-order valence-corrected chi connectivity index (χ1v) is 6.46. The summed E-state index contributed by atoms with van der Waals surface area (Å²) >= 11 is 0. The number of anilines is 1. The number of aliphatic hydroxyl groups excluding tert-OH is 1. The Morgan fingerprint density at radius 2 is 1.94 bits per heavy atom. The second kappa shape index (κ2) is 5.72. The van der Waals surface area contributed by atoms with Crippen LogP contribution in [0.25, 0.3) is 0 Å². The van der Waals surface area contributed by atoms with Gasteiger partial charge in [-0.15, -0.1) is 0 Å². The lowest BCUT2D eigenvalue weighted by atomic mass is 9.86. The third-order valence-corrected chi connectivity index (χ3v) is 3.24. The normalized spacial score (nSPS) is 13.5. The van der Waals surface area contributed by atoms with E-state index in [0.717, 1.165) is 5.69 Å². The van der Waals surface area contributed by atoms with E-state index in [1.165, 1.54) is 11.1 Å².